The summed E-state index contributed by atoms with van der Waals surface area (Å²) in [5.41, 5.74) is 1.61. The van der Waals surface area contributed by atoms with Crippen molar-refractivity contribution in [1.82, 2.24) is 4.90 Å². The van der Waals surface area contributed by atoms with Crippen LogP contribution in [-0.2, 0) is 13.1 Å². The van der Waals surface area contributed by atoms with Crippen LogP contribution < -0.4 is 14.8 Å². The SMILES string of the molecule is COc1ccc(CN(Cc2ccco2)C(=O)Nc2ccccc2Br)cc1OC. The van der Waals surface area contributed by atoms with Crippen molar-refractivity contribution in [1.29, 1.82) is 0 Å². The number of nitrogens with one attached hydrogen (secondary N) is 1. The molecule has 3 rings (SSSR count). The number of urea groups is 1. The molecule has 0 unspecified atom stereocenters. The second-order valence-electron chi connectivity index (χ2n) is 6.03. The number of carbonyl (C=O) groups excluding carboxylic acids is 1. The highest BCUT2D eigenvalue weighted by molar-refractivity contribution is 9.10. The van der Waals surface area contributed by atoms with Crippen LogP contribution in [0.3, 0.4) is 0 Å². The van der Waals surface area contributed by atoms with E-state index in [2.05, 4.69) is 21.2 Å². The third-order valence-corrected chi connectivity index (χ3v) is 4.84. The molecule has 28 heavy (non-hydrogen) atoms. The third kappa shape index (κ3) is 4.86. The van der Waals surface area contributed by atoms with Crippen molar-refractivity contribution in [3.63, 3.8) is 0 Å². The first kappa shape index (κ1) is 19.8. The number of anilines is 1. The van der Waals surface area contributed by atoms with E-state index in [9.17, 15) is 4.79 Å². The number of ether oxygens (including phenoxy) is 2. The Hall–Kier alpha value is -2.93. The number of carbonyl (C=O) groups is 1. The second-order valence-corrected chi connectivity index (χ2v) is 6.89. The Morgan fingerprint density at radius 3 is 2.50 bits per heavy atom. The number of furan rings is 1. The molecule has 3 aromatic rings. The van der Waals surface area contributed by atoms with Crippen molar-refractivity contribution in [2.45, 2.75) is 13.1 Å². The van der Waals surface area contributed by atoms with Crippen molar-refractivity contribution in [3.8, 4) is 11.5 Å². The van der Waals surface area contributed by atoms with Gasteiger partial charge in [0.05, 0.1) is 32.7 Å². The van der Waals surface area contributed by atoms with Crippen molar-refractivity contribution >= 4 is 27.6 Å². The van der Waals surface area contributed by atoms with Crippen molar-refractivity contribution < 1.29 is 18.7 Å². The van der Waals surface area contributed by atoms with Crippen molar-refractivity contribution in [2.75, 3.05) is 19.5 Å². The summed E-state index contributed by atoms with van der Waals surface area (Å²) < 4.78 is 16.9. The highest BCUT2D eigenvalue weighted by Gasteiger charge is 2.18. The molecule has 0 bridgehead atoms. The van der Waals surface area contributed by atoms with Gasteiger partial charge in [-0.15, -0.1) is 0 Å². The Balaban J connectivity index is 1.82. The van der Waals surface area contributed by atoms with E-state index in [1.807, 2.05) is 48.5 Å². The van der Waals surface area contributed by atoms with Gasteiger partial charge in [-0.05, 0) is 57.9 Å². The van der Waals surface area contributed by atoms with E-state index < -0.39 is 0 Å². The van der Waals surface area contributed by atoms with E-state index in [1.54, 1.807) is 31.4 Å². The van der Waals surface area contributed by atoms with Crippen LogP contribution in [0.4, 0.5) is 10.5 Å². The lowest BCUT2D eigenvalue weighted by Crippen LogP contribution is -2.34. The number of nitrogens with zero attached hydrogens (tertiary/aromatic N) is 1. The van der Waals surface area contributed by atoms with Crippen LogP contribution in [0.25, 0.3) is 0 Å². The van der Waals surface area contributed by atoms with Gasteiger partial charge < -0.3 is 24.1 Å². The van der Waals surface area contributed by atoms with Gasteiger partial charge in [-0.2, -0.15) is 0 Å². The number of hydrogen-bond acceptors (Lipinski definition) is 4. The molecule has 0 atom stereocenters. The zero-order chi connectivity index (χ0) is 19.9. The molecule has 0 aliphatic heterocycles. The maximum Gasteiger partial charge on any atom is 0.322 e. The first-order valence-corrected chi connectivity index (χ1v) is 9.43. The van der Waals surface area contributed by atoms with Crippen LogP contribution in [0.5, 0.6) is 11.5 Å². The number of halogens is 1. The normalized spacial score (nSPS) is 10.4. The Labute approximate surface area is 172 Å². The molecule has 1 N–H and O–H groups in total. The maximum absolute atomic E-state index is 13.0. The van der Waals surface area contributed by atoms with Crippen molar-refractivity contribution in [3.05, 3.63) is 76.7 Å². The van der Waals surface area contributed by atoms with E-state index in [0.29, 0.717) is 36.0 Å². The monoisotopic (exact) mass is 444 g/mol. The van der Waals surface area contributed by atoms with Crippen LogP contribution in [-0.4, -0.2) is 25.2 Å². The number of hydrogen-bond donors (Lipinski definition) is 1. The summed E-state index contributed by atoms with van der Waals surface area (Å²) in [5.74, 6) is 1.95. The maximum atomic E-state index is 13.0. The van der Waals surface area contributed by atoms with E-state index in [4.69, 9.17) is 13.9 Å². The summed E-state index contributed by atoms with van der Waals surface area (Å²) in [6.45, 7) is 0.703. The zero-order valence-electron chi connectivity index (χ0n) is 15.6. The third-order valence-electron chi connectivity index (χ3n) is 4.15. The van der Waals surface area contributed by atoms with E-state index in [-0.39, 0.29) is 6.03 Å². The fourth-order valence-electron chi connectivity index (χ4n) is 2.75. The Bertz CT molecular complexity index is 928. The van der Waals surface area contributed by atoms with Gasteiger partial charge in [0.15, 0.2) is 11.5 Å². The Morgan fingerprint density at radius 1 is 1.04 bits per heavy atom. The molecule has 0 aliphatic carbocycles. The largest absolute Gasteiger partial charge is 0.493 e. The minimum absolute atomic E-state index is 0.238. The first-order chi connectivity index (χ1) is 13.6. The molecule has 1 aromatic heterocycles. The highest BCUT2D eigenvalue weighted by atomic mass is 79.9. The molecule has 0 fully saturated rings. The van der Waals surface area contributed by atoms with Gasteiger partial charge in [0.25, 0.3) is 0 Å². The molecule has 2 aromatic carbocycles. The van der Waals surface area contributed by atoms with Gasteiger partial charge in [0.1, 0.15) is 5.76 Å². The van der Waals surface area contributed by atoms with Gasteiger partial charge >= 0.3 is 6.03 Å². The highest BCUT2D eigenvalue weighted by Crippen LogP contribution is 2.28. The number of rotatable bonds is 7. The summed E-state index contributed by atoms with van der Waals surface area (Å²) in [7, 11) is 3.17. The lowest BCUT2D eigenvalue weighted by atomic mass is 10.2. The molecule has 0 radical (unpaired) electrons. The van der Waals surface area contributed by atoms with E-state index >= 15 is 0 Å². The van der Waals surface area contributed by atoms with Crippen LogP contribution in [0, 0.1) is 0 Å². The predicted octanol–water partition coefficient (Wildman–Crippen LogP) is 5.29. The molecule has 0 saturated heterocycles. The molecule has 0 aliphatic rings. The molecule has 1 heterocycles. The molecule has 7 heteroatoms. The Kier molecular flexibility index (Phi) is 6.60. The summed E-state index contributed by atoms with van der Waals surface area (Å²) in [5, 5.41) is 2.94. The minimum atomic E-state index is -0.238. The predicted molar refractivity (Wildman–Crippen MR) is 111 cm³/mol. The molecule has 6 nitrogen and oxygen atoms in total. The standard InChI is InChI=1S/C21H21BrN2O4/c1-26-19-10-9-15(12-20(19)27-2)13-24(14-16-6-5-11-28-16)21(25)23-18-8-4-3-7-17(18)22/h3-12H,13-14H2,1-2H3,(H,23,25). The average Bonchev–Trinajstić information content (AvgIpc) is 3.22. The number of para-hydroxylation sites is 1. The molecule has 0 saturated carbocycles. The fraction of sp³-hybridized carbons (Fsp3) is 0.190. The van der Waals surface area contributed by atoms with Gasteiger partial charge in [-0.3, -0.25) is 0 Å². The van der Waals surface area contributed by atoms with E-state index in [1.165, 1.54) is 0 Å². The van der Waals surface area contributed by atoms with Crippen molar-refractivity contribution in [2.24, 2.45) is 0 Å². The summed E-state index contributed by atoms with van der Waals surface area (Å²) in [4.78, 5) is 14.6. The quantitative estimate of drug-likeness (QED) is 0.537. The summed E-state index contributed by atoms with van der Waals surface area (Å²) >= 11 is 3.45. The first-order valence-electron chi connectivity index (χ1n) is 8.64. The topological polar surface area (TPSA) is 63.9 Å². The number of benzene rings is 2. The minimum Gasteiger partial charge on any atom is -0.493 e. The average molecular weight is 445 g/mol. The number of amides is 2. The zero-order valence-corrected chi connectivity index (χ0v) is 17.2. The number of methoxy groups -OCH3 is 2. The molecule has 0 spiro atoms. The van der Waals surface area contributed by atoms with Crippen LogP contribution >= 0.6 is 15.9 Å². The van der Waals surface area contributed by atoms with Gasteiger partial charge in [-0.25, -0.2) is 4.79 Å². The van der Waals surface area contributed by atoms with Crippen LogP contribution in [0.2, 0.25) is 0 Å². The fourth-order valence-corrected chi connectivity index (χ4v) is 3.13. The lowest BCUT2D eigenvalue weighted by Gasteiger charge is -2.23. The van der Waals surface area contributed by atoms with Gasteiger partial charge in [0.2, 0.25) is 0 Å². The van der Waals surface area contributed by atoms with Crippen LogP contribution in [0.1, 0.15) is 11.3 Å². The van der Waals surface area contributed by atoms with Crippen LogP contribution in [0.15, 0.2) is 69.8 Å². The Morgan fingerprint density at radius 2 is 1.82 bits per heavy atom. The smallest absolute Gasteiger partial charge is 0.322 e. The summed E-state index contributed by atoms with van der Waals surface area (Å²) in [6.07, 6.45) is 1.59. The van der Waals surface area contributed by atoms with Gasteiger partial charge in [0, 0.05) is 11.0 Å². The second kappa shape index (κ2) is 9.32. The lowest BCUT2D eigenvalue weighted by molar-refractivity contribution is 0.201. The van der Waals surface area contributed by atoms with E-state index in [0.717, 1.165) is 10.0 Å². The summed E-state index contributed by atoms with van der Waals surface area (Å²) in [6, 6.07) is 16.5. The molecule has 2 amide bonds. The molecular weight excluding hydrogens is 424 g/mol. The van der Waals surface area contributed by atoms with Gasteiger partial charge in [-0.1, -0.05) is 18.2 Å². The molecular formula is C21H21BrN2O4. The molecule has 146 valence electrons.